The molecule has 1 unspecified atom stereocenters. The van der Waals surface area contributed by atoms with Crippen molar-refractivity contribution in [2.45, 2.75) is 5.41 Å². The summed E-state index contributed by atoms with van der Waals surface area (Å²) in [6.45, 7) is 0. The molecule has 1 aliphatic carbocycles. The van der Waals surface area contributed by atoms with E-state index in [1.165, 1.54) is 64.0 Å². The maximum absolute atomic E-state index is 6.89. The van der Waals surface area contributed by atoms with Gasteiger partial charge in [-0.25, -0.2) is 0 Å². The Balaban J connectivity index is 1.19. The highest BCUT2D eigenvalue weighted by Gasteiger charge is 2.49. The van der Waals surface area contributed by atoms with Gasteiger partial charge in [-0.1, -0.05) is 140 Å². The minimum atomic E-state index is -0.621. The summed E-state index contributed by atoms with van der Waals surface area (Å²) in [7, 11) is 0. The van der Waals surface area contributed by atoms with Crippen LogP contribution in [0.2, 0.25) is 0 Å². The molecule has 2 nitrogen and oxygen atoms in total. The van der Waals surface area contributed by atoms with Crippen molar-refractivity contribution in [2.24, 2.45) is 0 Å². The molecule has 0 bridgehead atoms. The lowest BCUT2D eigenvalue weighted by Gasteiger charge is -2.45. The molecule has 12 rings (SSSR count). The maximum atomic E-state index is 6.89. The minimum Gasteiger partial charge on any atom is -0.457 e. The van der Waals surface area contributed by atoms with Crippen LogP contribution in [0, 0.1) is 0 Å². The summed E-state index contributed by atoms with van der Waals surface area (Å²) in [5, 5.41) is 7.55. The van der Waals surface area contributed by atoms with Crippen LogP contribution in [0.1, 0.15) is 22.3 Å². The van der Waals surface area contributed by atoms with Gasteiger partial charge in [-0.2, -0.15) is 0 Å². The quantitative estimate of drug-likeness (QED) is 0.181. The number of anilines is 3. The van der Waals surface area contributed by atoms with E-state index in [4.69, 9.17) is 4.74 Å². The molecular weight excluding hydrogens is 675 g/mol. The number of hydrogen-bond acceptors (Lipinski definition) is 3. The van der Waals surface area contributed by atoms with Crippen molar-refractivity contribution < 1.29 is 4.74 Å². The molecule has 54 heavy (non-hydrogen) atoms. The Morgan fingerprint density at radius 1 is 0.407 bits per heavy atom. The lowest BCUT2D eigenvalue weighted by molar-refractivity contribution is 0.435. The van der Waals surface area contributed by atoms with Crippen molar-refractivity contribution >= 4 is 70.1 Å². The van der Waals surface area contributed by atoms with Crippen molar-refractivity contribution in [3.05, 3.63) is 210 Å². The third-order valence-electron chi connectivity index (χ3n) is 11.7. The second-order valence-electron chi connectivity index (χ2n) is 14.4. The predicted molar refractivity (Wildman–Crippen MR) is 226 cm³/mol. The Hall–Kier alpha value is -6.68. The second kappa shape index (κ2) is 11.2. The van der Waals surface area contributed by atoms with Crippen LogP contribution in [0.25, 0.3) is 52.8 Å². The lowest BCUT2D eigenvalue weighted by atomic mass is 9.58. The summed E-state index contributed by atoms with van der Waals surface area (Å²) >= 11 is 1.86. The van der Waals surface area contributed by atoms with E-state index >= 15 is 0 Å². The van der Waals surface area contributed by atoms with Crippen LogP contribution in [0.5, 0.6) is 11.5 Å². The molecule has 10 aromatic rings. The topological polar surface area (TPSA) is 12.5 Å². The van der Waals surface area contributed by atoms with Crippen LogP contribution in [0.15, 0.2) is 188 Å². The SMILES string of the molecule is c1ccc2c(c1)Oc1ccc(N(c3ccc4c(c3)sc3ccccc34)c3cccc4ccccc34)cc1C21c2ccccc2-c2cccc3cccc1c23. The molecule has 0 saturated carbocycles. The van der Waals surface area contributed by atoms with Gasteiger partial charge in [-0.15, -0.1) is 11.3 Å². The highest BCUT2D eigenvalue weighted by molar-refractivity contribution is 7.25. The summed E-state index contributed by atoms with van der Waals surface area (Å²) in [6, 6.07) is 69.1. The zero-order valence-electron chi connectivity index (χ0n) is 29.2. The van der Waals surface area contributed by atoms with E-state index in [1.807, 2.05) is 11.3 Å². The van der Waals surface area contributed by atoms with E-state index in [0.717, 1.165) is 39.7 Å². The Morgan fingerprint density at radius 2 is 1.04 bits per heavy atom. The Morgan fingerprint density at radius 3 is 1.98 bits per heavy atom. The van der Waals surface area contributed by atoms with Crippen molar-refractivity contribution in [1.29, 1.82) is 0 Å². The number of para-hydroxylation sites is 1. The van der Waals surface area contributed by atoms with Crippen molar-refractivity contribution in [2.75, 3.05) is 4.90 Å². The van der Waals surface area contributed by atoms with Gasteiger partial charge < -0.3 is 9.64 Å². The van der Waals surface area contributed by atoms with E-state index in [2.05, 4.69) is 193 Å². The molecule has 0 N–H and O–H groups in total. The van der Waals surface area contributed by atoms with Crippen molar-refractivity contribution in [3.8, 4) is 22.6 Å². The molecule has 0 amide bonds. The largest absolute Gasteiger partial charge is 0.457 e. The molecule has 9 aromatic carbocycles. The number of benzene rings is 9. The fourth-order valence-corrected chi connectivity index (χ4v) is 10.6. The molecule has 1 atom stereocenters. The van der Waals surface area contributed by atoms with Crippen molar-refractivity contribution in [3.63, 3.8) is 0 Å². The van der Waals surface area contributed by atoms with Gasteiger partial charge in [-0.3, -0.25) is 0 Å². The maximum Gasteiger partial charge on any atom is 0.132 e. The summed E-state index contributed by atoms with van der Waals surface area (Å²) in [5.41, 5.74) is 10.1. The number of fused-ring (bicyclic) bond motifs is 12. The third kappa shape index (κ3) is 3.99. The average molecular weight is 706 g/mol. The van der Waals surface area contributed by atoms with E-state index < -0.39 is 5.41 Å². The average Bonchev–Trinajstić information content (AvgIpc) is 3.61. The smallest absolute Gasteiger partial charge is 0.132 e. The summed E-state index contributed by atoms with van der Waals surface area (Å²) in [4.78, 5) is 2.45. The Bertz CT molecular complexity index is 3160. The highest BCUT2D eigenvalue weighted by Crippen LogP contribution is 2.62. The van der Waals surface area contributed by atoms with Gasteiger partial charge in [0.25, 0.3) is 0 Å². The van der Waals surface area contributed by atoms with E-state index in [9.17, 15) is 0 Å². The summed E-state index contributed by atoms with van der Waals surface area (Å²) in [6.07, 6.45) is 0. The third-order valence-corrected chi connectivity index (χ3v) is 12.8. The lowest BCUT2D eigenvalue weighted by Crippen LogP contribution is -2.36. The first kappa shape index (κ1) is 29.9. The van der Waals surface area contributed by atoms with Gasteiger partial charge in [0.2, 0.25) is 0 Å². The van der Waals surface area contributed by atoms with Crippen LogP contribution < -0.4 is 9.64 Å². The van der Waals surface area contributed by atoms with Gasteiger partial charge in [0.05, 0.1) is 11.1 Å². The summed E-state index contributed by atoms with van der Waals surface area (Å²) < 4.78 is 9.47. The fraction of sp³-hybridized carbons (Fsp3) is 0.0196. The summed E-state index contributed by atoms with van der Waals surface area (Å²) in [5.74, 6) is 1.77. The van der Waals surface area contributed by atoms with E-state index in [1.54, 1.807) is 0 Å². The molecule has 2 aliphatic rings. The molecule has 0 radical (unpaired) electrons. The fourth-order valence-electron chi connectivity index (χ4n) is 9.50. The first-order valence-electron chi connectivity index (χ1n) is 18.5. The highest BCUT2D eigenvalue weighted by atomic mass is 32.1. The first-order valence-corrected chi connectivity index (χ1v) is 19.3. The minimum absolute atomic E-state index is 0.621. The normalized spacial score (nSPS) is 15.3. The van der Waals surface area contributed by atoms with Crippen LogP contribution in [-0.2, 0) is 5.41 Å². The zero-order chi connectivity index (χ0) is 35.4. The van der Waals surface area contributed by atoms with Crippen LogP contribution in [-0.4, -0.2) is 0 Å². The zero-order valence-corrected chi connectivity index (χ0v) is 30.0. The molecular formula is C51H31NOS. The van der Waals surface area contributed by atoms with Gasteiger partial charge >= 0.3 is 0 Å². The number of rotatable bonds is 3. The monoisotopic (exact) mass is 705 g/mol. The van der Waals surface area contributed by atoms with Gasteiger partial charge in [0.15, 0.2) is 0 Å². The molecule has 0 saturated heterocycles. The second-order valence-corrected chi connectivity index (χ2v) is 15.5. The molecule has 3 heteroatoms. The molecule has 1 aromatic heterocycles. The number of thiophene rings is 1. The molecule has 2 heterocycles. The van der Waals surface area contributed by atoms with Crippen LogP contribution in [0.4, 0.5) is 17.1 Å². The number of hydrogen-bond donors (Lipinski definition) is 0. The van der Waals surface area contributed by atoms with Gasteiger partial charge in [0, 0.05) is 48.1 Å². The van der Waals surface area contributed by atoms with E-state index in [0.29, 0.717) is 0 Å². The number of ether oxygens (including phenoxy) is 1. The van der Waals surface area contributed by atoms with E-state index in [-0.39, 0.29) is 0 Å². The van der Waals surface area contributed by atoms with Crippen LogP contribution >= 0.6 is 11.3 Å². The predicted octanol–water partition coefficient (Wildman–Crippen LogP) is 14.3. The van der Waals surface area contributed by atoms with Gasteiger partial charge in [0.1, 0.15) is 11.5 Å². The van der Waals surface area contributed by atoms with Crippen LogP contribution in [0.3, 0.4) is 0 Å². The molecule has 252 valence electrons. The molecule has 1 spiro atoms. The first-order chi connectivity index (χ1) is 26.8. The number of nitrogens with zero attached hydrogens (tertiary/aromatic N) is 1. The Kier molecular flexibility index (Phi) is 6.17. The van der Waals surface area contributed by atoms with Crippen molar-refractivity contribution in [1.82, 2.24) is 0 Å². The van der Waals surface area contributed by atoms with Gasteiger partial charge in [-0.05, 0) is 86.9 Å². The molecule has 0 fully saturated rings. The Labute approximate surface area is 316 Å². The molecule has 1 aliphatic heterocycles. The standard InChI is InChI=1S/C51H31NOS/c1-2-16-36-32(12-1)13-11-23-45(36)52(35-26-28-39-38-18-4-8-25-48(38)54-49(39)31-35)34-27-29-47-44(30-34)51(42-21-6-7-24-46(42)53-47)41-20-5-3-17-37(41)40-19-9-14-33-15-10-22-43(51)50(33)40/h1-31H.